The Morgan fingerprint density at radius 1 is 1.30 bits per heavy atom. The zero-order valence-corrected chi connectivity index (χ0v) is 14.8. The first-order chi connectivity index (χ1) is 13.0. The van der Waals surface area contributed by atoms with Crippen LogP contribution in [0.25, 0.3) is 11.7 Å². The Labute approximate surface area is 155 Å². The first-order valence-electron chi connectivity index (χ1n) is 8.13. The van der Waals surface area contributed by atoms with Crippen molar-refractivity contribution in [3.63, 3.8) is 0 Å². The summed E-state index contributed by atoms with van der Waals surface area (Å²) in [5.74, 6) is -0.0831. The Kier molecular flexibility index (Phi) is 4.99. The number of amides is 1. The fourth-order valence-electron chi connectivity index (χ4n) is 2.50. The minimum atomic E-state index is -0.600. The number of aryl methyl sites for hydroxylation is 1. The molecule has 0 bridgehead atoms. The molecule has 1 aromatic carbocycles. The smallest absolute Gasteiger partial charge is 0.269 e. The minimum Gasteiger partial charge on any atom is -0.438 e. The number of nitriles is 1. The van der Waals surface area contributed by atoms with E-state index in [1.165, 1.54) is 17.5 Å². The van der Waals surface area contributed by atoms with Gasteiger partial charge in [-0.05, 0) is 42.8 Å². The van der Waals surface area contributed by atoms with Crippen LogP contribution in [0.5, 0.6) is 11.6 Å². The maximum atomic E-state index is 12.9. The maximum Gasteiger partial charge on any atom is 0.269 e. The summed E-state index contributed by atoms with van der Waals surface area (Å²) >= 11 is 0. The Bertz CT molecular complexity index is 1160. The number of hydrogen-bond donors (Lipinski definition) is 1. The van der Waals surface area contributed by atoms with Crippen molar-refractivity contribution in [1.82, 2.24) is 14.7 Å². The molecule has 7 heteroatoms. The van der Waals surface area contributed by atoms with Crippen LogP contribution in [-0.4, -0.2) is 22.3 Å². The number of hydrogen-bond acceptors (Lipinski definition) is 5. The van der Waals surface area contributed by atoms with Gasteiger partial charge in [0.25, 0.3) is 11.5 Å². The van der Waals surface area contributed by atoms with Crippen molar-refractivity contribution >= 4 is 17.6 Å². The molecule has 134 valence electrons. The number of rotatable bonds is 4. The summed E-state index contributed by atoms with van der Waals surface area (Å²) in [6, 6.07) is 14.2. The highest BCUT2D eigenvalue weighted by atomic mass is 16.5. The maximum absolute atomic E-state index is 12.9. The van der Waals surface area contributed by atoms with E-state index in [1.54, 1.807) is 42.6 Å². The zero-order valence-electron chi connectivity index (χ0n) is 14.8. The van der Waals surface area contributed by atoms with Crippen molar-refractivity contribution in [2.75, 3.05) is 7.05 Å². The molecular formula is C20H16N4O3. The second-order valence-corrected chi connectivity index (χ2v) is 5.73. The van der Waals surface area contributed by atoms with Crippen LogP contribution >= 0.6 is 0 Å². The Morgan fingerprint density at radius 2 is 2.11 bits per heavy atom. The van der Waals surface area contributed by atoms with E-state index in [9.17, 15) is 14.9 Å². The van der Waals surface area contributed by atoms with E-state index in [0.717, 1.165) is 5.56 Å². The van der Waals surface area contributed by atoms with E-state index in [0.29, 0.717) is 11.4 Å². The van der Waals surface area contributed by atoms with Crippen LogP contribution in [0.4, 0.5) is 0 Å². The summed E-state index contributed by atoms with van der Waals surface area (Å²) in [5.41, 5.74) is 0.715. The molecule has 0 atom stereocenters. The normalized spacial score (nSPS) is 11.1. The molecule has 2 heterocycles. The molecule has 0 spiro atoms. The SMILES string of the molecule is CNC(=O)/C(C#N)=C/c1c(Oc2cccc(C)c2)nc2ccccn2c1=O. The van der Waals surface area contributed by atoms with Crippen molar-refractivity contribution in [2.24, 2.45) is 0 Å². The molecule has 0 aliphatic heterocycles. The average molecular weight is 360 g/mol. The van der Waals surface area contributed by atoms with Gasteiger partial charge in [0.15, 0.2) is 0 Å². The highest BCUT2D eigenvalue weighted by molar-refractivity contribution is 6.01. The lowest BCUT2D eigenvalue weighted by Gasteiger charge is -2.10. The van der Waals surface area contributed by atoms with Gasteiger partial charge in [-0.15, -0.1) is 0 Å². The summed E-state index contributed by atoms with van der Waals surface area (Å²) in [4.78, 5) is 29.2. The summed E-state index contributed by atoms with van der Waals surface area (Å²) in [6.07, 6.45) is 2.75. The summed E-state index contributed by atoms with van der Waals surface area (Å²) < 4.78 is 7.16. The minimum absolute atomic E-state index is 0.0142. The number of fused-ring (bicyclic) bond motifs is 1. The number of carbonyl (C=O) groups is 1. The molecule has 3 rings (SSSR count). The van der Waals surface area contributed by atoms with Crippen LogP contribution in [0.2, 0.25) is 0 Å². The van der Waals surface area contributed by atoms with Crippen LogP contribution < -0.4 is 15.6 Å². The topological polar surface area (TPSA) is 96.5 Å². The first kappa shape index (κ1) is 17.9. The molecule has 0 fully saturated rings. The predicted octanol–water partition coefficient (Wildman–Crippen LogP) is 2.45. The molecule has 1 N–H and O–H groups in total. The van der Waals surface area contributed by atoms with Crippen LogP contribution in [-0.2, 0) is 4.79 Å². The van der Waals surface area contributed by atoms with Gasteiger partial charge in [0.1, 0.15) is 28.6 Å². The van der Waals surface area contributed by atoms with Gasteiger partial charge in [-0.1, -0.05) is 18.2 Å². The van der Waals surface area contributed by atoms with Crippen LogP contribution in [0.1, 0.15) is 11.1 Å². The number of benzene rings is 1. The second-order valence-electron chi connectivity index (χ2n) is 5.73. The fraction of sp³-hybridized carbons (Fsp3) is 0.100. The number of ether oxygens (including phenoxy) is 1. The van der Waals surface area contributed by atoms with Gasteiger partial charge in [-0.2, -0.15) is 10.2 Å². The van der Waals surface area contributed by atoms with Crippen LogP contribution in [0.3, 0.4) is 0 Å². The Morgan fingerprint density at radius 3 is 2.81 bits per heavy atom. The standard InChI is InChI=1S/C20H16N4O3/c1-13-6-5-7-15(10-13)27-19-16(11-14(12-21)18(25)22-2)20(26)24-9-4-3-8-17(24)23-19/h3-11H,1-2H3,(H,22,25)/b14-11+. The molecule has 27 heavy (non-hydrogen) atoms. The molecule has 0 aliphatic rings. The average Bonchev–Trinajstić information content (AvgIpc) is 2.67. The van der Waals surface area contributed by atoms with E-state index in [4.69, 9.17) is 4.74 Å². The molecular weight excluding hydrogens is 344 g/mol. The lowest BCUT2D eigenvalue weighted by Crippen LogP contribution is -2.22. The molecule has 2 aromatic heterocycles. The van der Waals surface area contributed by atoms with Gasteiger partial charge in [0.2, 0.25) is 5.88 Å². The number of nitrogens with zero attached hydrogens (tertiary/aromatic N) is 3. The second kappa shape index (κ2) is 7.54. The highest BCUT2D eigenvalue weighted by Crippen LogP contribution is 2.24. The molecule has 3 aromatic rings. The van der Waals surface area contributed by atoms with E-state index < -0.39 is 11.5 Å². The molecule has 0 aliphatic carbocycles. The first-order valence-corrected chi connectivity index (χ1v) is 8.13. The summed E-state index contributed by atoms with van der Waals surface area (Å²) in [5, 5.41) is 11.6. The van der Waals surface area contributed by atoms with Crippen molar-refractivity contribution in [2.45, 2.75) is 6.92 Å². The third-order valence-corrected chi connectivity index (χ3v) is 3.82. The third kappa shape index (κ3) is 3.70. The van der Waals surface area contributed by atoms with Crippen LogP contribution in [0.15, 0.2) is 59.0 Å². The van der Waals surface area contributed by atoms with E-state index in [-0.39, 0.29) is 17.0 Å². The lowest BCUT2D eigenvalue weighted by atomic mass is 10.1. The van der Waals surface area contributed by atoms with Gasteiger partial charge in [-0.3, -0.25) is 14.0 Å². The third-order valence-electron chi connectivity index (χ3n) is 3.82. The van der Waals surface area contributed by atoms with Crippen molar-refractivity contribution < 1.29 is 9.53 Å². The predicted molar refractivity (Wildman–Crippen MR) is 100 cm³/mol. The zero-order chi connectivity index (χ0) is 19.4. The van der Waals surface area contributed by atoms with Gasteiger partial charge in [0, 0.05) is 13.2 Å². The summed E-state index contributed by atoms with van der Waals surface area (Å²) in [6.45, 7) is 1.91. The van der Waals surface area contributed by atoms with E-state index in [1.807, 2.05) is 19.1 Å². The molecule has 1 amide bonds. The number of aromatic nitrogens is 2. The largest absolute Gasteiger partial charge is 0.438 e. The Balaban J connectivity index is 2.24. The molecule has 0 unspecified atom stereocenters. The number of nitrogens with one attached hydrogen (secondary N) is 1. The van der Waals surface area contributed by atoms with Crippen molar-refractivity contribution in [3.8, 4) is 17.7 Å². The van der Waals surface area contributed by atoms with Gasteiger partial charge < -0.3 is 10.1 Å². The molecule has 7 nitrogen and oxygen atoms in total. The monoisotopic (exact) mass is 360 g/mol. The van der Waals surface area contributed by atoms with Crippen LogP contribution in [0, 0.1) is 18.3 Å². The highest BCUT2D eigenvalue weighted by Gasteiger charge is 2.16. The quantitative estimate of drug-likeness (QED) is 0.569. The van der Waals surface area contributed by atoms with E-state index in [2.05, 4.69) is 10.3 Å². The van der Waals surface area contributed by atoms with Gasteiger partial charge in [0.05, 0.1) is 0 Å². The summed E-state index contributed by atoms with van der Waals surface area (Å²) in [7, 11) is 1.41. The van der Waals surface area contributed by atoms with Gasteiger partial charge in [-0.25, -0.2) is 0 Å². The molecule has 0 saturated carbocycles. The number of likely N-dealkylation sites (N-methyl/N-ethyl adjacent to an activating group) is 1. The fourth-order valence-corrected chi connectivity index (χ4v) is 2.50. The molecule has 0 saturated heterocycles. The Hall–Kier alpha value is -3.92. The van der Waals surface area contributed by atoms with E-state index >= 15 is 0 Å². The lowest BCUT2D eigenvalue weighted by molar-refractivity contribution is -0.116. The number of pyridine rings is 1. The van der Waals surface area contributed by atoms with Crippen molar-refractivity contribution in [3.05, 3.63) is 75.7 Å². The molecule has 0 radical (unpaired) electrons. The van der Waals surface area contributed by atoms with Crippen molar-refractivity contribution in [1.29, 1.82) is 5.26 Å². The number of carbonyl (C=O) groups excluding carboxylic acids is 1. The van der Waals surface area contributed by atoms with Gasteiger partial charge >= 0.3 is 0 Å².